The van der Waals surface area contributed by atoms with Gasteiger partial charge in [-0.2, -0.15) is 0 Å². The number of aryl methyl sites for hydroxylation is 1. The van der Waals surface area contributed by atoms with E-state index in [2.05, 4.69) is 9.97 Å². The second-order valence-electron chi connectivity index (χ2n) is 5.82. The molecule has 0 amide bonds. The van der Waals surface area contributed by atoms with Crippen molar-refractivity contribution in [3.63, 3.8) is 0 Å². The Bertz CT molecular complexity index is 1130. The van der Waals surface area contributed by atoms with Crippen molar-refractivity contribution in [3.05, 3.63) is 44.4 Å². The molecule has 0 atom stereocenters. The molecule has 0 radical (unpaired) electrons. The maximum atomic E-state index is 12.2. The Morgan fingerprint density at radius 3 is 2.15 bits per heavy atom. The molecule has 0 fully saturated rings. The molecular formula is C18H20N4O5. The van der Waals surface area contributed by atoms with Crippen molar-refractivity contribution in [2.45, 2.75) is 0 Å². The molecule has 9 heteroatoms. The lowest BCUT2D eigenvalue weighted by Crippen LogP contribution is -2.36. The molecule has 0 spiro atoms. The maximum absolute atomic E-state index is 12.2. The minimum absolute atomic E-state index is 0.268. The van der Waals surface area contributed by atoms with E-state index in [0.717, 1.165) is 10.1 Å². The first-order valence-corrected chi connectivity index (χ1v) is 8.05. The molecule has 0 saturated carbocycles. The maximum Gasteiger partial charge on any atom is 0.332 e. The van der Waals surface area contributed by atoms with Crippen LogP contribution >= 0.6 is 0 Å². The molecule has 27 heavy (non-hydrogen) atoms. The fourth-order valence-corrected chi connectivity index (χ4v) is 2.80. The molecule has 0 bridgehead atoms. The number of hydrogen-bond acceptors (Lipinski definition) is 6. The molecular weight excluding hydrogens is 352 g/mol. The molecule has 1 aromatic carbocycles. The minimum Gasteiger partial charge on any atom is -0.493 e. The molecule has 3 aromatic rings. The van der Waals surface area contributed by atoms with Crippen molar-refractivity contribution < 1.29 is 14.2 Å². The number of imidazole rings is 1. The number of benzene rings is 1. The van der Waals surface area contributed by atoms with Gasteiger partial charge in [-0.15, -0.1) is 0 Å². The standard InChI is InChI=1S/C18H20N4O5/c1-21-16-14(17(23)22(2)18(21)24)19-13(20-16)7-6-10-8-11(25-3)15(27-5)12(9-10)26-4/h6-9H,1-5H3,(H,19,20). The van der Waals surface area contributed by atoms with Gasteiger partial charge in [-0.3, -0.25) is 13.9 Å². The van der Waals surface area contributed by atoms with Crippen LogP contribution < -0.4 is 25.5 Å². The Kier molecular flexibility index (Phi) is 4.76. The fourth-order valence-electron chi connectivity index (χ4n) is 2.80. The van der Waals surface area contributed by atoms with Crippen LogP contribution in [0.5, 0.6) is 17.2 Å². The molecule has 0 aliphatic rings. The fraction of sp³-hybridized carbons (Fsp3) is 0.278. The van der Waals surface area contributed by atoms with Gasteiger partial charge >= 0.3 is 5.69 Å². The molecule has 9 nitrogen and oxygen atoms in total. The molecule has 2 aromatic heterocycles. The number of aromatic amines is 1. The number of nitrogens with zero attached hydrogens (tertiary/aromatic N) is 3. The first kappa shape index (κ1) is 18.3. The van der Waals surface area contributed by atoms with Gasteiger partial charge in [-0.05, 0) is 23.8 Å². The van der Waals surface area contributed by atoms with Crippen molar-refractivity contribution in [1.29, 1.82) is 0 Å². The lowest BCUT2D eigenvalue weighted by atomic mass is 10.1. The zero-order chi connectivity index (χ0) is 19.7. The Hall–Kier alpha value is -3.49. The van der Waals surface area contributed by atoms with E-state index >= 15 is 0 Å². The second-order valence-corrected chi connectivity index (χ2v) is 5.82. The summed E-state index contributed by atoms with van der Waals surface area (Å²) in [5.74, 6) is 1.99. The van der Waals surface area contributed by atoms with E-state index < -0.39 is 11.2 Å². The lowest BCUT2D eigenvalue weighted by Gasteiger charge is -2.12. The lowest BCUT2D eigenvalue weighted by molar-refractivity contribution is 0.324. The number of nitrogens with one attached hydrogen (secondary N) is 1. The third-order valence-corrected chi connectivity index (χ3v) is 4.23. The summed E-state index contributed by atoms with van der Waals surface area (Å²) in [5.41, 5.74) is 0.496. The van der Waals surface area contributed by atoms with Crippen molar-refractivity contribution >= 4 is 23.3 Å². The van der Waals surface area contributed by atoms with Gasteiger partial charge in [0, 0.05) is 14.1 Å². The van der Waals surface area contributed by atoms with Crippen LogP contribution in [0, 0.1) is 0 Å². The van der Waals surface area contributed by atoms with E-state index in [-0.39, 0.29) is 5.52 Å². The van der Waals surface area contributed by atoms with E-state index in [1.165, 1.54) is 18.7 Å². The number of hydrogen-bond donors (Lipinski definition) is 1. The van der Waals surface area contributed by atoms with Gasteiger partial charge in [0.1, 0.15) is 11.3 Å². The highest BCUT2D eigenvalue weighted by atomic mass is 16.5. The first-order chi connectivity index (χ1) is 12.9. The average Bonchev–Trinajstić information content (AvgIpc) is 3.12. The van der Waals surface area contributed by atoms with Crippen LogP contribution in [-0.2, 0) is 14.1 Å². The monoisotopic (exact) mass is 372 g/mol. The van der Waals surface area contributed by atoms with Crippen LogP contribution in [0.25, 0.3) is 23.3 Å². The molecule has 3 rings (SSSR count). The van der Waals surface area contributed by atoms with Crippen molar-refractivity contribution in [2.24, 2.45) is 14.1 Å². The van der Waals surface area contributed by atoms with Gasteiger partial charge in [0.15, 0.2) is 17.1 Å². The van der Waals surface area contributed by atoms with Gasteiger partial charge in [-0.25, -0.2) is 9.78 Å². The van der Waals surface area contributed by atoms with Crippen LogP contribution in [-0.4, -0.2) is 40.4 Å². The van der Waals surface area contributed by atoms with Crippen molar-refractivity contribution in [3.8, 4) is 17.2 Å². The largest absolute Gasteiger partial charge is 0.493 e. The number of H-pyrrole nitrogens is 1. The first-order valence-electron chi connectivity index (χ1n) is 8.05. The summed E-state index contributed by atoms with van der Waals surface area (Å²) in [6.07, 6.45) is 3.48. The van der Waals surface area contributed by atoms with Crippen LogP contribution in [0.3, 0.4) is 0 Å². The van der Waals surface area contributed by atoms with E-state index in [1.54, 1.807) is 45.6 Å². The summed E-state index contributed by atoms with van der Waals surface area (Å²) in [4.78, 5) is 31.5. The zero-order valence-corrected chi connectivity index (χ0v) is 15.7. The third-order valence-electron chi connectivity index (χ3n) is 4.23. The Labute approximate surface area is 154 Å². The summed E-state index contributed by atoms with van der Waals surface area (Å²) < 4.78 is 18.3. The van der Waals surface area contributed by atoms with Crippen LogP contribution in [0.15, 0.2) is 21.7 Å². The summed E-state index contributed by atoms with van der Waals surface area (Å²) >= 11 is 0. The van der Waals surface area contributed by atoms with E-state index in [4.69, 9.17) is 14.2 Å². The smallest absolute Gasteiger partial charge is 0.332 e. The Morgan fingerprint density at radius 1 is 0.963 bits per heavy atom. The average molecular weight is 372 g/mol. The molecule has 0 aliphatic heterocycles. The molecule has 0 unspecified atom stereocenters. The molecule has 0 saturated heterocycles. The Balaban J connectivity index is 2.07. The van der Waals surface area contributed by atoms with Gasteiger partial charge < -0.3 is 19.2 Å². The van der Waals surface area contributed by atoms with Gasteiger partial charge in [-0.1, -0.05) is 6.08 Å². The summed E-state index contributed by atoms with van der Waals surface area (Å²) in [5, 5.41) is 0. The molecule has 0 aliphatic carbocycles. The normalized spacial score (nSPS) is 11.3. The molecule has 142 valence electrons. The zero-order valence-electron chi connectivity index (χ0n) is 15.7. The number of methoxy groups -OCH3 is 3. The minimum atomic E-state index is -0.431. The van der Waals surface area contributed by atoms with E-state index in [1.807, 2.05) is 0 Å². The summed E-state index contributed by atoms with van der Waals surface area (Å²) in [6.45, 7) is 0. The predicted molar refractivity (Wildman–Crippen MR) is 102 cm³/mol. The summed E-state index contributed by atoms with van der Waals surface area (Å²) in [7, 11) is 7.61. The highest BCUT2D eigenvalue weighted by Gasteiger charge is 2.14. The van der Waals surface area contributed by atoms with Crippen molar-refractivity contribution in [1.82, 2.24) is 19.1 Å². The quantitative estimate of drug-likeness (QED) is 0.721. The number of rotatable bonds is 5. The number of fused-ring (bicyclic) bond motifs is 1. The van der Waals surface area contributed by atoms with Crippen LogP contribution in [0.4, 0.5) is 0 Å². The van der Waals surface area contributed by atoms with Crippen molar-refractivity contribution in [2.75, 3.05) is 21.3 Å². The second kappa shape index (κ2) is 7.02. The molecule has 2 heterocycles. The number of ether oxygens (including phenoxy) is 3. The summed E-state index contributed by atoms with van der Waals surface area (Å²) in [6, 6.07) is 3.57. The highest BCUT2D eigenvalue weighted by molar-refractivity contribution is 5.76. The number of aromatic nitrogens is 4. The van der Waals surface area contributed by atoms with Gasteiger partial charge in [0.05, 0.1) is 21.3 Å². The SMILES string of the molecule is COc1cc(C=Cc2nc3c([nH]2)c(=O)n(C)c(=O)n3C)cc(OC)c1OC. The highest BCUT2D eigenvalue weighted by Crippen LogP contribution is 2.38. The van der Waals surface area contributed by atoms with E-state index in [9.17, 15) is 9.59 Å². The van der Waals surface area contributed by atoms with Crippen LogP contribution in [0.1, 0.15) is 11.4 Å². The predicted octanol–water partition coefficient (Wildman–Crippen LogP) is 1.16. The third kappa shape index (κ3) is 3.07. The topological polar surface area (TPSA) is 100 Å². The van der Waals surface area contributed by atoms with Gasteiger partial charge in [0.2, 0.25) is 5.75 Å². The molecule has 1 N–H and O–H groups in total. The van der Waals surface area contributed by atoms with Crippen LogP contribution in [0.2, 0.25) is 0 Å². The van der Waals surface area contributed by atoms with E-state index in [0.29, 0.717) is 28.7 Å². The Morgan fingerprint density at radius 2 is 1.59 bits per heavy atom. The van der Waals surface area contributed by atoms with Gasteiger partial charge in [0.25, 0.3) is 5.56 Å².